The van der Waals surface area contributed by atoms with Crippen LogP contribution >= 0.6 is 0 Å². The maximum absolute atomic E-state index is 8.73. The molecule has 0 amide bonds. The Hall–Kier alpha value is -0.870. The first kappa shape index (κ1) is 9.68. The molecular weight excluding hydrogens is 180 g/mol. The molecule has 1 fully saturated rings. The van der Waals surface area contributed by atoms with Crippen molar-refractivity contribution < 1.29 is 9.52 Å². The van der Waals surface area contributed by atoms with E-state index in [9.17, 15) is 0 Å². The summed E-state index contributed by atoms with van der Waals surface area (Å²) in [6, 6.07) is 0. The van der Waals surface area contributed by atoms with E-state index in [2.05, 4.69) is 10.3 Å². The highest BCUT2D eigenvalue weighted by Gasteiger charge is 2.18. The molecule has 0 radical (unpaired) electrons. The Morgan fingerprint density at radius 2 is 2.29 bits per heavy atom. The van der Waals surface area contributed by atoms with Crippen LogP contribution in [-0.2, 0) is 6.42 Å². The monoisotopic (exact) mass is 196 g/mol. The Bertz CT molecular complexity index is 279. The Balaban J connectivity index is 2.00. The van der Waals surface area contributed by atoms with Crippen molar-refractivity contribution in [1.29, 1.82) is 0 Å². The number of aliphatic hydroxyl groups is 1. The quantitative estimate of drug-likeness (QED) is 0.746. The minimum Gasteiger partial charge on any atom is -0.449 e. The average molecular weight is 196 g/mol. The average Bonchev–Trinajstić information content (AvgIpc) is 2.68. The van der Waals surface area contributed by atoms with E-state index in [1.807, 2.05) is 0 Å². The van der Waals surface area contributed by atoms with E-state index in [4.69, 9.17) is 9.52 Å². The molecule has 1 saturated heterocycles. The SMILES string of the molecule is OCCc1nc(C2CCNCC2)co1. The van der Waals surface area contributed by atoms with Crippen LogP contribution in [0.4, 0.5) is 0 Å². The molecule has 0 aromatic carbocycles. The first-order chi connectivity index (χ1) is 6.90. The Morgan fingerprint density at radius 3 is 3.00 bits per heavy atom. The van der Waals surface area contributed by atoms with Gasteiger partial charge in [-0.2, -0.15) is 0 Å². The van der Waals surface area contributed by atoms with Crippen LogP contribution in [0.15, 0.2) is 10.7 Å². The van der Waals surface area contributed by atoms with Gasteiger partial charge in [-0.3, -0.25) is 0 Å². The van der Waals surface area contributed by atoms with Gasteiger partial charge in [-0.1, -0.05) is 0 Å². The number of aromatic nitrogens is 1. The van der Waals surface area contributed by atoms with Gasteiger partial charge in [0.1, 0.15) is 6.26 Å². The first-order valence-electron chi connectivity index (χ1n) is 5.16. The normalized spacial score (nSPS) is 18.6. The van der Waals surface area contributed by atoms with Gasteiger partial charge in [0.2, 0.25) is 0 Å². The third kappa shape index (κ3) is 2.13. The van der Waals surface area contributed by atoms with E-state index < -0.39 is 0 Å². The van der Waals surface area contributed by atoms with E-state index in [1.54, 1.807) is 6.26 Å². The van der Waals surface area contributed by atoms with Crippen molar-refractivity contribution in [2.45, 2.75) is 25.2 Å². The lowest BCUT2D eigenvalue weighted by molar-refractivity contribution is 0.285. The summed E-state index contributed by atoms with van der Waals surface area (Å²) in [4.78, 5) is 4.37. The van der Waals surface area contributed by atoms with Crippen molar-refractivity contribution in [3.05, 3.63) is 17.8 Å². The highest BCUT2D eigenvalue weighted by molar-refractivity contribution is 5.05. The van der Waals surface area contributed by atoms with Crippen LogP contribution in [0.3, 0.4) is 0 Å². The number of nitrogens with one attached hydrogen (secondary N) is 1. The highest BCUT2D eigenvalue weighted by Crippen LogP contribution is 2.24. The zero-order valence-electron chi connectivity index (χ0n) is 8.20. The van der Waals surface area contributed by atoms with E-state index in [0.717, 1.165) is 31.6 Å². The fourth-order valence-electron chi connectivity index (χ4n) is 1.84. The van der Waals surface area contributed by atoms with Crippen molar-refractivity contribution in [3.8, 4) is 0 Å². The molecule has 0 spiro atoms. The molecular formula is C10H16N2O2. The molecule has 1 aliphatic heterocycles. The van der Waals surface area contributed by atoms with Crippen LogP contribution in [0.25, 0.3) is 0 Å². The lowest BCUT2D eigenvalue weighted by atomic mass is 9.95. The molecule has 0 unspecified atom stereocenters. The van der Waals surface area contributed by atoms with Crippen molar-refractivity contribution in [2.24, 2.45) is 0 Å². The summed E-state index contributed by atoms with van der Waals surface area (Å²) >= 11 is 0. The summed E-state index contributed by atoms with van der Waals surface area (Å²) in [5.74, 6) is 1.19. The largest absolute Gasteiger partial charge is 0.449 e. The minimum atomic E-state index is 0.103. The molecule has 4 nitrogen and oxygen atoms in total. The molecule has 1 aliphatic rings. The molecule has 2 heterocycles. The third-order valence-electron chi connectivity index (χ3n) is 2.65. The summed E-state index contributed by atoms with van der Waals surface area (Å²) in [6.07, 6.45) is 4.52. The van der Waals surface area contributed by atoms with E-state index >= 15 is 0 Å². The second-order valence-corrected chi connectivity index (χ2v) is 3.66. The Morgan fingerprint density at radius 1 is 1.50 bits per heavy atom. The summed E-state index contributed by atoms with van der Waals surface area (Å²) in [5, 5.41) is 12.0. The van der Waals surface area contributed by atoms with Gasteiger partial charge in [-0.05, 0) is 25.9 Å². The standard InChI is InChI=1S/C10H16N2O2/c13-6-3-10-12-9(7-14-10)8-1-4-11-5-2-8/h7-8,11,13H,1-6H2. The van der Waals surface area contributed by atoms with Gasteiger partial charge < -0.3 is 14.8 Å². The summed E-state index contributed by atoms with van der Waals surface area (Å²) in [7, 11) is 0. The maximum atomic E-state index is 8.73. The van der Waals surface area contributed by atoms with Crippen molar-refractivity contribution in [3.63, 3.8) is 0 Å². The summed E-state index contributed by atoms with van der Waals surface area (Å²) in [5.41, 5.74) is 1.05. The van der Waals surface area contributed by atoms with Crippen molar-refractivity contribution >= 4 is 0 Å². The molecule has 0 atom stereocenters. The smallest absolute Gasteiger partial charge is 0.196 e. The molecule has 0 bridgehead atoms. The molecule has 2 N–H and O–H groups in total. The second-order valence-electron chi connectivity index (χ2n) is 3.66. The van der Waals surface area contributed by atoms with Crippen LogP contribution in [-0.4, -0.2) is 29.8 Å². The second kappa shape index (κ2) is 4.57. The lowest BCUT2D eigenvalue weighted by Gasteiger charge is -2.20. The predicted molar refractivity (Wildman–Crippen MR) is 52.1 cm³/mol. The molecule has 1 aromatic heterocycles. The molecule has 14 heavy (non-hydrogen) atoms. The lowest BCUT2D eigenvalue weighted by Crippen LogP contribution is -2.26. The summed E-state index contributed by atoms with van der Waals surface area (Å²) < 4.78 is 5.27. The van der Waals surface area contributed by atoms with Gasteiger partial charge in [0, 0.05) is 12.3 Å². The van der Waals surface area contributed by atoms with Crippen molar-refractivity contribution in [2.75, 3.05) is 19.7 Å². The fraction of sp³-hybridized carbons (Fsp3) is 0.700. The van der Waals surface area contributed by atoms with Gasteiger partial charge in [0.05, 0.1) is 12.3 Å². The zero-order valence-corrected chi connectivity index (χ0v) is 8.20. The van der Waals surface area contributed by atoms with E-state index in [1.165, 1.54) is 0 Å². The van der Waals surface area contributed by atoms with E-state index in [-0.39, 0.29) is 6.61 Å². The first-order valence-corrected chi connectivity index (χ1v) is 5.16. The van der Waals surface area contributed by atoms with Crippen molar-refractivity contribution in [1.82, 2.24) is 10.3 Å². The fourth-order valence-corrected chi connectivity index (χ4v) is 1.84. The van der Waals surface area contributed by atoms with Gasteiger partial charge in [0.25, 0.3) is 0 Å². The predicted octanol–water partition coefficient (Wildman–Crippen LogP) is 0.676. The van der Waals surface area contributed by atoms with Crippen LogP contribution in [0.2, 0.25) is 0 Å². The zero-order chi connectivity index (χ0) is 9.80. The van der Waals surface area contributed by atoms with Crippen LogP contribution in [0.5, 0.6) is 0 Å². The molecule has 0 saturated carbocycles. The highest BCUT2D eigenvalue weighted by atomic mass is 16.3. The number of nitrogens with zero attached hydrogens (tertiary/aromatic N) is 1. The summed E-state index contributed by atoms with van der Waals surface area (Å²) in [6.45, 7) is 2.23. The molecule has 1 aromatic rings. The Labute approximate surface area is 83.3 Å². The van der Waals surface area contributed by atoms with Gasteiger partial charge in [0.15, 0.2) is 5.89 Å². The number of hydrogen-bond donors (Lipinski definition) is 2. The number of piperidine rings is 1. The topological polar surface area (TPSA) is 58.3 Å². The van der Waals surface area contributed by atoms with Gasteiger partial charge in [-0.15, -0.1) is 0 Å². The number of oxazole rings is 1. The number of hydrogen-bond acceptors (Lipinski definition) is 4. The van der Waals surface area contributed by atoms with E-state index in [0.29, 0.717) is 18.2 Å². The molecule has 0 aliphatic carbocycles. The number of rotatable bonds is 3. The van der Waals surface area contributed by atoms with Crippen LogP contribution in [0.1, 0.15) is 30.3 Å². The van der Waals surface area contributed by atoms with Crippen LogP contribution in [0, 0.1) is 0 Å². The van der Waals surface area contributed by atoms with Gasteiger partial charge >= 0.3 is 0 Å². The minimum absolute atomic E-state index is 0.103. The third-order valence-corrected chi connectivity index (χ3v) is 2.65. The molecule has 78 valence electrons. The molecule has 4 heteroatoms. The van der Waals surface area contributed by atoms with Gasteiger partial charge in [-0.25, -0.2) is 4.98 Å². The number of aliphatic hydroxyl groups excluding tert-OH is 1. The maximum Gasteiger partial charge on any atom is 0.196 e. The molecule has 2 rings (SSSR count). The van der Waals surface area contributed by atoms with Crippen LogP contribution < -0.4 is 5.32 Å². The Kier molecular flexibility index (Phi) is 3.16.